The molecule has 0 aliphatic heterocycles. The van der Waals surface area contributed by atoms with Crippen molar-refractivity contribution in [2.45, 2.75) is 6.92 Å². The Balaban J connectivity index is 2.87. The predicted molar refractivity (Wildman–Crippen MR) is 59.1 cm³/mol. The van der Waals surface area contributed by atoms with Crippen molar-refractivity contribution in [1.82, 2.24) is 0 Å². The second-order valence-corrected chi connectivity index (χ2v) is 3.46. The molecular formula is C11H7NO5. The number of carbonyl (C=O) groups is 1. The van der Waals surface area contributed by atoms with Crippen LogP contribution in [0.15, 0.2) is 33.5 Å². The van der Waals surface area contributed by atoms with E-state index in [1.807, 2.05) is 0 Å². The molecule has 6 nitrogen and oxygen atoms in total. The number of Topliss-reactive ketones (excluding diaryl/α,β-unsaturated/α-hetero) is 1. The summed E-state index contributed by atoms with van der Waals surface area (Å²) in [5, 5.41) is 11.1. The van der Waals surface area contributed by atoms with Crippen molar-refractivity contribution in [1.29, 1.82) is 0 Å². The van der Waals surface area contributed by atoms with Gasteiger partial charge in [0, 0.05) is 11.5 Å². The number of hydrogen-bond donors (Lipinski definition) is 0. The van der Waals surface area contributed by atoms with Gasteiger partial charge in [0.15, 0.2) is 5.78 Å². The van der Waals surface area contributed by atoms with Crippen LogP contribution in [0.1, 0.15) is 17.3 Å². The average molecular weight is 233 g/mol. The van der Waals surface area contributed by atoms with Gasteiger partial charge in [0.25, 0.3) is 0 Å². The Morgan fingerprint density at radius 3 is 2.71 bits per heavy atom. The van der Waals surface area contributed by atoms with E-state index >= 15 is 0 Å². The lowest BCUT2D eigenvalue weighted by molar-refractivity contribution is -0.383. The van der Waals surface area contributed by atoms with Crippen LogP contribution in [-0.4, -0.2) is 10.7 Å². The maximum atomic E-state index is 11.4. The van der Waals surface area contributed by atoms with Crippen molar-refractivity contribution in [3.63, 3.8) is 0 Å². The SMILES string of the molecule is CC(=O)c1cc2cccc([N+](=O)[O-])c2oc1=O. The van der Waals surface area contributed by atoms with E-state index in [4.69, 9.17) is 4.42 Å². The first-order valence-corrected chi connectivity index (χ1v) is 4.73. The van der Waals surface area contributed by atoms with Gasteiger partial charge in [-0.05, 0) is 13.0 Å². The normalized spacial score (nSPS) is 10.4. The molecule has 0 aliphatic rings. The Labute approximate surface area is 94.6 Å². The van der Waals surface area contributed by atoms with Gasteiger partial charge in [-0.25, -0.2) is 4.79 Å². The molecule has 0 atom stereocenters. The van der Waals surface area contributed by atoms with E-state index in [9.17, 15) is 19.7 Å². The molecule has 2 rings (SSSR count). The lowest BCUT2D eigenvalue weighted by Crippen LogP contribution is -2.11. The fourth-order valence-corrected chi connectivity index (χ4v) is 1.52. The minimum Gasteiger partial charge on any atom is -0.415 e. The van der Waals surface area contributed by atoms with Gasteiger partial charge in [0.05, 0.1) is 4.92 Å². The number of para-hydroxylation sites is 1. The molecule has 0 radical (unpaired) electrons. The van der Waals surface area contributed by atoms with Gasteiger partial charge >= 0.3 is 11.3 Å². The van der Waals surface area contributed by atoms with Crippen molar-refractivity contribution in [3.8, 4) is 0 Å². The Bertz CT molecular complexity index is 686. The highest BCUT2D eigenvalue weighted by molar-refractivity contribution is 5.97. The first kappa shape index (κ1) is 11.0. The number of benzene rings is 1. The number of nitrogens with zero attached hydrogens (tertiary/aromatic N) is 1. The van der Waals surface area contributed by atoms with Crippen LogP contribution in [0.3, 0.4) is 0 Å². The molecule has 0 saturated heterocycles. The molecule has 0 amide bonds. The number of hydrogen-bond acceptors (Lipinski definition) is 5. The number of ketones is 1. The number of rotatable bonds is 2. The van der Waals surface area contributed by atoms with Crippen molar-refractivity contribution in [3.05, 3.63) is 50.4 Å². The number of nitro benzene ring substituents is 1. The monoisotopic (exact) mass is 233 g/mol. The van der Waals surface area contributed by atoms with Gasteiger partial charge in [0.1, 0.15) is 5.56 Å². The molecule has 0 bridgehead atoms. The third kappa shape index (κ3) is 1.80. The summed E-state index contributed by atoms with van der Waals surface area (Å²) in [6.45, 7) is 1.23. The van der Waals surface area contributed by atoms with E-state index in [-0.39, 0.29) is 16.8 Å². The van der Waals surface area contributed by atoms with E-state index < -0.39 is 16.3 Å². The van der Waals surface area contributed by atoms with Gasteiger partial charge in [-0.2, -0.15) is 0 Å². The van der Waals surface area contributed by atoms with Crippen molar-refractivity contribution < 1.29 is 14.1 Å². The standard InChI is InChI=1S/C11H7NO5/c1-6(13)8-5-7-3-2-4-9(12(15)16)10(7)17-11(8)14/h2-5H,1H3. The minimum absolute atomic E-state index is 0.113. The summed E-state index contributed by atoms with van der Waals surface area (Å²) in [7, 11) is 0. The highest BCUT2D eigenvalue weighted by Crippen LogP contribution is 2.24. The predicted octanol–water partition coefficient (Wildman–Crippen LogP) is 1.90. The molecule has 2 aromatic rings. The molecule has 6 heteroatoms. The van der Waals surface area contributed by atoms with Crippen molar-refractivity contribution in [2.75, 3.05) is 0 Å². The average Bonchev–Trinajstić information content (AvgIpc) is 2.26. The van der Waals surface area contributed by atoms with Crippen LogP contribution in [0.2, 0.25) is 0 Å². The van der Waals surface area contributed by atoms with Crippen molar-refractivity contribution in [2.24, 2.45) is 0 Å². The van der Waals surface area contributed by atoms with E-state index in [2.05, 4.69) is 0 Å². The maximum absolute atomic E-state index is 11.4. The highest BCUT2D eigenvalue weighted by Gasteiger charge is 2.17. The molecule has 0 saturated carbocycles. The Morgan fingerprint density at radius 2 is 2.12 bits per heavy atom. The second-order valence-electron chi connectivity index (χ2n) is 3.46. The summed E-state index contributed by atoms with van der Waals surface area (Å²) in [5.74, 6) is -0.438. The van der Waals surface area contributed by atoms with Gasteiger partial charge in [-0.15, -0.1) is 0 Å². The fraction of sp³-hybridized carbons (Fsp3) is 0.0909. The van der Waals surface area contributed by atoms with Crippen LogP contribution in [0.25, 0.3) is 11.0 Å². The van der Waals surface area contributed by atoms with E-state index in [0.29, 0.717) is 5.39 Å². The summed E-state index contributed by atoms with van der Waals surface area (Å²) < 4.78 is 4.83. The van der Waals surface area contributed by atoms with Crippen LogP contribution in [0, 0.1) is 10.1 Å². The summed E-state index contributed by atoms with van der Waals surface area (Å²) in [4.78, 5) is 32.7. The molecule has 1 aromatic carbocycles. The van der Waals surface area contributed by atoms with Crippen LogP contribution < -0.4 is 5.63 Å². The molecular weight excluding hydrogens is 226 g/mol. The highest BCUT2D eigenvalue weighted by atomic mass is 16.6. The van der Waals surface area contributed by atoms with Gasteiger partial charge < -0.3 is 4.42 Å². The van der Waals surface area contributed by atoms with E-state index in [1.54, 1.807) is 0 Å². The number of nitro groups is 1. The third-order valence-corrected chi connectivity index (χ3v) is 2.32. The van der Waals surface area contributed by atoms with Crippen LogP contribution in [0.4, 0.5) is 5.69 Å². The number of non-ortho nitro benzene ring substituents is 1. The fourth-order valence-electron chi connectivity index (χ4n) is 1.52. The molecule has 0 unspecified atom stereocenters. The van der Waals surface area contributed by atoms with Gasteiger partial charge in [0.2, 0.25) is 5.58 Å². The second kappa shape index (κ2) is 3.82. The summed E-state index contributed by atoms with van der Waals surface area (Å²) >= 11 is 0. The molecule has 0 spiro atoms. The van der Waals surface area contributed by atoms with Crippen LogP contribution in [0.5, 0.6) is 0 Å². The molecule has 17 heavy (non-hydrogen) atoms. The van der Waals surface area contributed by atoms with E-state index in [0.717, 1.165) is 0 Å². The van der Waals surface area contributed by atoms with Gasteiger partial charge in [-0.3, -0.25) is 14.9 Å². The molecule has 0 fully saturated rings. The summed E-state index contributed by atoms with van der Waals surface area (Å²) in [5.41, 5.74) is -1.39. The Morgan fingerprint density at radius 1 is 1.41 bits per heavy atom. The van der Waals surface area contributed by atoms with Crippen LogP contribution in [-0.2, 0) is 0 Å². The first-order valence-electron chi connectivity index (χ1n) is 4.73. The van der Waals surface area contributed by atoms with Crippen molar-refractivity contribution >= 4 is 22.4 Å². The largest absolute Gasteiger partial charge is 0.415 e. The zero-order valence-electron chi connectivity index (χ0n) is 8.80. The zero-order chi connectivity index (χ0) is 12.6. The molecule has 0 N–H and O–H groups in total. The smallest absolute Gasteiger partial charge is 0.347 e. The van der Waals surface area contributed by atoms with Gasteiger partial charge in [-0.1, -0.05) is 12.1 Å². The minimum atomic E-state index is -0.862. The molecule has 86 valence electrons. The Hall–Kier alpha value is -2.50. The molecule has 1 aromatic heterocycles. The first-order chi connectivity index (χ1) is 8.00. The molecule has 1 heterocycles. The number of fused-ring (bicyclic) bond motifs is 1. The zero-order valence-corrected chi connectivity index (χ0v) is 8.80. The Kier molecular flexibility index (Phi) is 2.47. The lowest BCUT2D eigenvalue weighted by atomic mass is 10.1. The van der Waals surface area contributed by atoms with E-state index in [1.165, 1.54) is 31.2 Å². The maximum Gasteiger partial charge on any atom is 0.347 e. The molecule has 0 aliphatic carbocycles. The quantitative estimate of drug-likeness (QED) is 0.342. The topological polar surface area (TPSA) is 90.4 Å². The third-order valence-electron chi connectivity index (χ3n) is 2.32. The summed E-state index contributed by atoms with van der Waals surface area (Å²) in [6.07, 6.45) is 0. The van der Waals surface area contributed by atoms with Crippen LogP contribution >= 0.6 is 0 Å². The number of carbonyl (C=O) groups excluding carboxylic acids is 1. The lowest BCUT2D eigenvalue weighted by Gasteiger charge is -1.99. The summed E-state index contributed by atoms with van der Waals surface area (Å²) in [6, 6.07) is 5.54.